The number of benzene rings is 1. The van der Waals surface area contributed by atoms with Crippen LogP contribution in [0.25, 0.3) is 11.0 Å². The standard InChI is InChI=1S/C17H25N3/c1-2-20-12-19-16-10-14(8-9-17(16)20)15(11-18)13-6-4-3-5-7-13/h8-10,12-13,15H,2-7,11,18H2,1H3. The molecule has 1 aliphatic carbocycles. The maximum Gasteiger partial charge on any atom is 0.0958 e. The summed E-state index contributed by atoms with van der Waals surface area (Å²) in [7, 11) is 0. The van der Waals surface area contributed by atoms with E-state index in [1.54, 1.807) is 0 Å². The summed E-state index contributed by atoms with van der Waals surface area (Å²) in [6.07, 6.45) is 8.74. The van der Waals surface area contributed by atoms with Crippen LogP contribution in [0.4, 0.5) is 0 Å². The molecule has 0 saturated heterocycles. The lowest BCUT2D eigenvalue weighted by atomic mass is 9.77. The van der Waals surface area contributed by atoms with E-state index >= 15 is 0 Å². The summed E-state index contributed by atoms with van der Waals surface area (Å²) in [5.74, 6) is 1.27. The van der Waals surface area contributed by atoms with Crippen LogP contribution in [0.5, 0.6) is 0 Å². The molecule has 1 heterocycles. The first-order valence-corrected chi connectivity index (χ1v) is 7.98. The Bertz CT molecular complexity index is 567. The normalized spacial score (nSPS) is 18.5. The van der Waals surface area contributed by atoms with Gasteiger partial charge in [-0.15, -0.1) is 0 Å². The van der Waals surface area contributed by atoms with Crippen molar-refractivity contribution in [2.75, 3.05) is 6.54 Å². The summed E-state index contributed by atoms with van der Waals surface area (Å²) >= 11 is 0. The second-order valence-corrected chi connectivity index (χ2v) is 6.02. The van der Waals surface area contributed by atoms with Crippen molar-refractivity contribution in [3.05, 3.63) is 30.1 Å². The van der Waals surface area contributed by atoms with Gasteiger partial charge in [-0.05, 0) is 55.8 Å². The van der Waals surface area contributed by atoms with Gasteiger partial charge in [-0.3, -0.25) is 0 Å². The fraction of sp³-hybridized carbons (Fsp3) is 0.588. The third kappa shape index (κ3) is 2.47. The zero-order valence-corrected chi connectivity index (χ0v) is 12.4. The average Bonchev–Trinajstić information content (AvgIpc) is 2.91. The summed E-state index contributed by atoms with van der Waals surface area (Å²) in [5, 5.41) is 0. The van der Waals surface area contributed by atoms with Gasteiger partial charge in [0.1, 0.15) is 0 Å². The number of hydrogen-bond donors (Lipinski definition) is 1. The molecule has 108 valence electrons. The molecule has 1 fully saturated rings. The molecule has 0 bridgehead atoms. The van der Waals surface area contributed by atoms with Crippen LogP contribution in [0.2, 0.25) is 0 Å². The van der Waals surface area contributed by atoms with Crippen molar-refractivity contribution in [2.45, 2.75) is 51.5 Å². The zero-order chi connectivity index (χ0) is 13.9. The SMILES string of the molecule is CCn1cnc2cc(C(CN)C3CCCCC3)ccc21. The number of nitrogens with two attached hydrogens (primary N) is 1. The van der Waals surface area contributed by atoms with Crippen LogP contribution in [0.3, 0.4) is 0 Å². The van der Waals surface area contributed by atoms with E-state index in [2.05, 4.69) is 34.7 Å². The highest BCUT2D eigenvalue weighted by atomic mass is 15.0. The Balaban J connectivity index is 1.91. The van der Waals surface area contributed by atoms with Crippen LogP contribution < -0.4 is 5.73 Å². The predicted octanol–water partition coefficient (Wildman–Crippen LogP) is 3.68. The molecule has 1 aromatic carbocycles. The molecule has 0 aliphatic heterocycles. The fourth-order valence-corrected chi connectivity index (χ4v) is 3.70. The van der Waals surface area contributed by atoms with Gasteiger partial charge >= 0.3 is 0 Å². The quantitative estimate of drug-likeness (QED) is 0.922. The molecule has 20 heavy (non-hydrogen) atoms. The topological polar surface area (TPSA) is 43.8 Å². The second kappa shape index (κ2) is 5.96. The van der Waals surface area contributed by atoms with Gasteiger partial charge in [-0.25, -0.2) is 4.98 Å². The van der Waals surface area contributed by atoms with Gasteiger partial charge in [0.2, 0.25) is 0 Å². The number of nitrogens with zero attached hydrogens (tertiary/aromatic N) is 2. The van der Waals surface area contributed by atoms with Gasteiger partial charge in [0.25, 0.3) is 0 Å². The van der Waals surface area contributed by atoms with Crippen molar-refractivity contribution in [3.63, 3.8) is 0 Å². The van der Waals surface area contributed by atoms with E-state index in [1.165, 1.54) is 43.2 Å². The molecular weight excluding hydrogens is 246 g/mol. The number of rotatable bonds is 4. The zero-order valence-electron chi connectivity index (χ0n) is 12.4. The van der Waals surface area contributed by atoms with E-state index in [0.717, 1.165) is 24.5 Å². The Kier molecular flexibility index (Phi) is 4.06. The van der Waals surface area contributed by atoms with Crippen molar-refractivity contribution >= 4 is 11.0 Å². The largest absolute Gasteiger partial charge is 0.331 e. The second-order valence-electron chi connectivity index (χ2n) is 6.02. The number of imidazole rings is 1. The van der Waals surface area contributed by atoms with Crippen LogP contribution in [-0.2, 0) is 6.54 Å². The van der Waals surface area contributed by atoms with Gasteiger partial charge < -0.3 is 10.3 Å². The summed E-state index contributed by atoms with van der Waals surface area (Å²) < 4.78 is 2.19. The molecule has 0 amide bonds. The third-order valence-electron chi connectivity index (χ3n) is 4.89. The highest BCUT2D eigenvalue weighted by molar-refractivity contribution is 5.76. The lowest BCUT2D eigenvalue weighted by Gasteiger charge is -2.29. The van der Waals surface area contributed by atoms with E-state index in [0.29, 0.717) is 5.92 Å². The van der Waals surface area contributed by atoms with Crippen LogP contribution in [-0.4, -0.2) is 16.1 Å². The minimum absolute atomic E-state index is 0.506. The Morgan fingerprint density at radius 1 is 1.30 bits per heavy atom. The molecule has 2 N–H and O–H groups in total. The Labute approximate surface area is 121 Å². The molecule has 2 aromatic rings. The summed E-state index contributed by atoms with van der Waals surface area (Å²) in [6.45, 7) is 3.88. The molecule has 0 radical (unpaired) electrons. The molecule has 1 aliphatic rings. The average molecular weight is 271 g/mol. The first kappa shape index (κ1) is 13.6. The molecule has 1 saturated carbocycles. The van der Waals surface area contributed by atoms with Crippen molar-refractivity contribution in [2.24, 2.45) is 11.7 Å². The van der Waals surface area contributed by atoms with Gasteiger partial charge in [0.05, 0.1) is 17.4 Å². The van der Waals surface area contributed by atoms with E-state index < -0.39 is 0 Å². The van der Waals surface area contributed by atoms with Crippen LogP contribution >= 0.6 is 0 Å². The van der Waals surface area contributed by atoms with E-state index in [1.807, 2.05) is 6.33 Å². The Hall–Kier alpha value is -1.35. The lowest BCUT2D eigenvalue weighted by molar-refractivity contribution is 0.307. The van der Waals surface area contributed by atoms with Crippen molar-refractivity contribution in [1.29, 1.82) is 0 Å². The van der Waals surface area contributed by atoms with Crippen molar-refractivity contribution in [3.8, 4) is 0 Å². The molecule has 3 rings (SSSR count). The summed E-state index contributed by atoms with van der Waals surface area (Å²) in [4.78, 5) is 4.53. The van der Waals surface area contributed by atoms with Gasteiger partial charge in [-0.1, -0.05) is 25.3 Å². The number of aromatic nitrogens is 2. The minimum atomic E-state index is 0.506. The number of aryl methyl sites for hydroxylation is 1. The van der Waals surface area contributed by atoms with Crippen LogP contribution in [0.15, 0.2) is 24.5 Å². The molecule has 1 unspecified atom stereocenters. The predicted molar refractivity (Wildman–Crippen MR) is 83.8 cm³/mol. The van der Waals surface area contributed by atoms with Crippen molar-refractivity contribution in [1.82, 2.24) is 9.55 Å². The summed E-state index contributed by atoms with van der Waals surface area (Å²) in [6, 6.07) is 6.74. The van der Waals surface area contributed by atoms with E-state index in [9.17, 15) is 0 Å². The molecular formula is C17H25N3. The maximum absolute atomic E-state index is 6.09. The monoisotopic (exact) mass is 271 g/mol. The van der Waals surface area contributed by atoms with Crippen LogP contribution in [0.1, 0.15) is 50.5 Å². The Morgan fingerprint density at radius 3 is 2.80 bits per heavy atom. The van der Waals surface area contributed by atoms with E-state index in [4.69, 9.17) is 5.73 Å². The first-order valence-electron chi connectivity index (χ1n) is 7.98. The van der Waals surface area contributed by atoms with Gasteiger partial charge in [0, 0.05) is 6.54 Å². The van der Waals surface area contributed by atoms with Gasteiger partial charge in [0.15, 0.2) is 0 Å². The van der Waals surface area contributed by atoms with Crippen molar-refractivity contribution < 1.29 is 0 Å². The van der Waals surface area contributed by atoms with Crippen LogP contribution in [0, 0.1) is 5.92 Å². The first-order chi connectivity index (χ1) is 9.83. The summed E-state index contributed by atoms with van der Waals surface area (Å²) in [5.41, 5.74) is 9.81. The fourth-order valence-electron chi connectivity index (χ4n) is 3.70. The molecule has 3 heteroatoms. The minimum Gasteiger partial charge on any atom is -0.331 e. The Morgan fingerprint density at radius 2 is 2.10 bits per heavy atom. The molecule has 1 atom stereocenters. The lowest BCUT2D eigenvalue weighted by Crippen LogP contribution is -2.23. The smallest absolute Gasteiger partial charge is 0.0958 e. The number of fused-ring (bicyclic) bond motifs is 1. The number of hydrogen-bond acceptors (Lipinski definition) is 2. The highest BCUT2D eigenvalue weighted by Gasteiger charge is 2.24. The molecule has 1 aromatic heterocycles. The van der Waals surface area contributed by atoms with Gasteiger partial charge in [-0.2, -0.15) is 0 Å². The third-order valence-corrected chi connectivity index (χ3v) is 4.89. The molecule has 0 spiro atoms. The van der Waals surface area contributed by atoms with E-state index in [-0.39, 0.29) is 0 Å². The highest BCUT2D eigenvalue weighted by Crippen LogP contribution is 2.36. The molecule has 3 nitrogen and oxygen atoms in total. The maximum atomic E-state index is 6.09.